The maximum absolute atomic E-state index is 8.29. The molecule has 0 unspecified atom stereocenters. The van der Waals surface area contributed by atoms with Crippen molar-refractivity contribution in [3.63, 3.8) is 0 Å². The lowest BCUT2D eigenvalue weighted by atomic mass is 10.2. The third-order valence-corrected chi connectivity index (χ3v) is 1.51. The molecule has 1 aromatic rings. The van der Waals surface area contributed by atoms with Crippen LogP contribution in [0.4, 0.5) is 5.69 Å². The van der Waals surface area contributed by atoms with E-state index in [0.29, 0.717) is 11.3 Å². The number of nitrogens with two attached hydrogens (primary N) is 1. The molecular formula is C7H7ClN2O. The monoisotopic (exact) mass is 170 g/mol. The largest absolute Gasteiger partial charge is 0.410 e. The molecule has 0 aliphatic carbocycles. The summed E-state index contributed by atoms with van der Waals surface area (Å²) in [6.07, 6.45) is 0. The van der Waals surface area contributed by atoms with Crippen LogP contribution in [0.1, 0.15) is 5.56 Å². The molecule has 0 bridgehead atoms. The molecule has 11 heavy (non-hydrogen) atoms. The highest BCUT2D eigenvalue weighted by Gasteiger charge is 1.98. The summed E-state index contributed by atoms with van der Waals surface area (Å²) in [5.41, 5.74) is 6.65. The first-order valence-electron chi connectivity index (χ1n) is 2.97. The fourth-order valence-corrected chi connectivity index (χ4v) is 0.842. The number of hydrogen-bond donors (Lipinski definition) is 2. The van der Waals surface area contributed by atoms with Gasteiger partial charge in [-0.05, 0) is 12.1 Å². The third kappa shape index (κ3) is 1.85. The molecule has 1 rings (SSSR count). The highest BCUT2D eigenvalue weighted by Crippen LogP contribution is 2.09. The number of benzene rings is 1. The molecule has 0 atom stereocenters. The van der Waals surface area contributed by atoms with Gasteiger partial charge in [-0.25, -0.2) is 0 Å². The Morgan fingerprint density at radius 2 is 2.27 bits per heavy atom. The number of hydrogen-bond acceptors (Lipinski definition) is 3. The summed E-state index contributed by atoms with van der Waals surface area (Å²) in [5.74, 6) is 0. The van der Waals surface area contributed by atoms with E-state index in [0.717, 1.165) is 0 Å². The summed E-state index contributed by atoms with van der Waals surface area (Å²) in [7, 11) is 0. The minimum atomic E-state index is 0.0392. The first-order chi connectivity index (χ1) is 5.24. The zero-order valence-electron chi connectivity index (χ0n) is 5.66. The Hall–Kier alpha value is -1.22. The molecule has 0 radical (unpaired) electrons. The van der Waals surface area contributed by atoms with E-state index in [1.807, 2.05) is 0 Å². The number of halogens is 1. The predicted molar refractivity (Wildman–Crippen MR) is 45.0 cm³/mol. The number of anilines is 1. The van der Waals surface area contributed by atoms with E-state index in [1.54, 1.807) is 24.3 Å². The Bertz CT molecular complexity index is 286. The molecule has 0 fully saturated rings. The van der Waals surface area contributed by atoms with E-state index < -0.39 is 0 Å². The summed E-state index contributed by atoms with van der Waals surface area (Å²) in [6, 6.07) is 6.80. The van der Waals surface area contributed by atoms with Gasteiger partial charge in [-0.1, -0.05) is 28.9 Å². The van der Waals surface area contributed by atoms with Crippen LogP contribution in [0.5, 0.6) is 0 Å². The second-order valence-electron chi connectivity index (χ2n) is 2.02. The van der Waals surface area contributed by atoms with Crippen molar-refractivity contribution in [2.75, 3.05) is 5.73 Å². The maximum atomic E-state index is 8.29. The standard InChI is InChI=1S/C7H7ClN2O/c8-7(10-11)5-2-1-3-6(9)4-5/h1-4,11H,9H2. The minimum Gasteiger partial charge on any atom is -0.410 e. The van der Waals surface area contributed by atoms with E-state index >= 15 is 0 Å². The summed E-state index contributed by atoms with van der Waals surface area (Å²) in [4.78, 5) is 0. The van der Waals surface area contributed by atoms with Gasteiger partial charge in [-0.3, -0.25) is 0 Å². The van der Waals surface area contributed by atoms with Crippen molar-refractivity contribution in [3.8, 4) is 0 Å². The van der Waals surface area contributed by atoms with Gasteiger partial charge < -0.3 is 10.9 Å². The van der Waals surface area contributed by atoms with Crippen LogP contribution >= 0.6 is 11.6 Å². The second-order valence-corrected chi connectivity index (χ2v) is 2.37. The van der Waals surface area contributed by atoms with Gasteiger partial charge in [0.25, 0.3) is 0 Å². The Labute approximate surface area is 69.1 Å². The van der Waals surface area contributed by atoms with Gasteiger partial charge in [0.2, 0.25) is 0 Å². The van der Waals surface area contributed by atoms with E-state index in [9.17, 15) is 0 Å². The molecule has 4 heteroatoms. The van der Waals surface area contributed by atoms with E-state index in [1.165, 1.54) is 0 Å². The first-order valence-corrected chi connectivity index (χ1v) is 3.35. The van der Waals surface area contributed by atoms with Crippen LogP contribution in [0.3, 0.4) is 0 Å². The van der Waals surface area contributed by atoms with Crippen molar-refractivity contribution in [2.24, 2.45) is 5.16 Å². The molecular weight excluding hydrogens is 164 g/mol. The topological polar surface area (TPSA) is 58.6 Å². The lowest BCUT2D eigenvalue weighted by Crippen LogP contribution is -1.92. The van der Waals surface area contributed by atoms with Crippen LogP contribution < -0.4 is 5.73 Å². The second kappa shape index (κ2) is 3.25. The van der Waals surface area contributed by atoms with Crippen LogP contribution in [-0.4, -0.2) is 10.4 Å². The summed E-state index contributed by atoms with van der Waals surface area (Å²) < 4.78 is 0. The summed E-state index contributed by atoms with van der Waals surface area (Å²) in [5, 5.41) is 11.2. The first kappa shape index (κ1) is 7.88. The average molecular weight is 171 g/mol. The Morgan fingerprint density at radius 1 is 1.55 bits per heavy atom. The van der Waals surface area contributed by atoms with E-state index in [-0.39, 0.29) is 5.17 Å². The predicted octanol–water partition coefficient (Wildman–Crippen LogP) is 1.64. The van der Waals surface area contributed by atoms with Gasteiger partial charge in [-0.2, -0.15) is 0 Å². The Kier molecular flexibility index (Phi) is 2.33. The molecule has 0 aliphatic heterocycles. The van der Waals surface area contributed by atoms with Crippen molar-refractivity contribution in [2.45, 2.75) is 0 Å². The maximum Gasteiger partial charge on any atom is 0.175 e. The van der Waals surface area contributed by atoms with Crippen LogP contribution in [0, 0.1) is 0 Å². The average Bonchev–Trinajstić information content (AvgIpc) is 2.03. The van der Waals surface area contributed by atoms with Gasteiger partial charge in [-0.15, -0.1) is 0 Å². The van der Waals surface area contributed by atoms with Gasteiger partial charge in [0.1, 0.15) is 0 Å². The Balaban J connectivity index is 3.06. The zero-order valence-corrected chi connectivity index (χ0v) is 6.42. The van der Waals surface area contributed by atoms with Crippen LogP contribution in [-0.2, 0) is 0 Å². The van der Waals surface area contributed by atoms with Gasteiger partial charge in [0, 0.05) is 11.3 Å². The molecule has 0 aliphatic rings. The SMILES string of the molecule is Nc1cccc(C(Cl)=NO)c1. The van der Waals surface area contributed by atoms with Crippen molar-refractivity contribution in [1.82, 2.24) is 0 Å². The van der Waals surface area contributed by atoms with Crippen LogP contribution in [0.15, 0.2) is 29.4 Å². The molecule has 0 heterocycles. The summed E-state index contributed by atoms with van der Waals surface area (Å²) in [6.45, 7) is 0. The normalized spacial score (nSPS) is 11.5. The lowest BCUT2D eigenvalue weighted by molar-refractivity contribution is 0.321. The fourth-order valence-electron chi connectivity index (χ4n) is 0.725. The molecule has 3 nitrogen and oxygen atoms in total. The number of oxime groups is 1. The van der Waals surface area contributed by atoms with Crippen molar-refractivity contribution < 1.29 is 5.21 Å². The zero-order chi connectivity index (χ0) is 8.27. The van der Waals surface area contributed by atoms with Crippen molar-refractivity contribution in [1.29, 1.82) is 0 Å². The number of nitrogen functional groups attached to an aromatic ring is 1. The van der Waals surface area contributed by atoms with Crippen molar-refractivity contribution >= 4 is 22.5 Å². The molecule has 0 aromatic heterocycles. The van der Waals surface area contributed by atoms with Gasteiger partial charge >= 0.3 is 0 Å². The number of rotatable bonds is 1. The van der Waals surface area contributed by atoms with Crippen molar-refractivity contribution in [3.05, 3.63) is 29.8 Å². The van der Waals surface area contributed by atoms with E-state index in [2.05, 4.69) is 5.16 Å². The van der Waals surface area contributed by atoms with Gasteiger partial charge in [0.15, 0.2) is 5.17 Å². The lowest BCUT2D eigenvalue weighted by Gasteiger charge is -1.96. The quantitative estimate of drug-likeness (QED) is 0.291. The third-order valence-electron chi connectivity index (χ3n) is 1.21. The highest BCUT2D eigenvalue weighted by atomic mass is 35.5. The molecule has 0 amide bonds. The summed E-state index contributed by atoms with van der Waals surface area (Å²) >= 11 is 5.51. The van der Waals surface area contributed by atoms with Crippen LogP contribution in [0.25, 0.3) is 0 Å². The molecule has 0 spiro atoms. The molecule has 3 N–H and O–H groups in total. The van der Waals surface area contributed by atoms with Crippen LogP contribution in [0.2, 0.25) is 0 Å². The Morgan fingerprint density at radius 3 is 2.82 bits per heavy atom. The molecule has 1 aromatic carbocycles. The number of nitrogens with zero attached hydrogens (tertiary/aromatic N) is 1. The van der Waals surface area contributed by atoms with E-state index in [4.69, 9.17) is 22.5 Å². The molecule has 58 valence electrons. The molecule has 0 saturated carbocycles. The minimum absolute atomic E-state index is 0.0392. The highest BCUT2D eigenvalue weighted by molar-refractivity contribution is 6.69. The fraction of sp³-hybridized carbons (Fsp3) is 0. The molecule has 0 saturated heterocycles. The smallest absolute Gasteiger partial charge is 0.175 e. The van der Waals surface area contributed by atoms with Gasteiger partial charge in [0.05, 0.1) is 0 Å².